The normalized spacial score (nSPS) is 33.1. The quantitative estimate of drug-likeness (QED) is 0.722. The zero-order valence-electron chi connectivity index (χ0n) is 10.9. The van der Waals surface area contributed by atoms with Gasteiger partial charge in [-0.25, -0.2) is 0 Å². The van der Waals surface area contributed by atoms with Crippen molar-refractivity contribution in [3.8, 4) is 0 Å². The molecule has 0 amide bonds. The summed E-state index contributed by atoms with van der Waals surface area (Å²) in [6.45, 7) is 7.84. The molecular formula is C12H24NO2P. The molecule has 16 heavy (non-hydrogen) atoms. The van der Waals surface area contributed by atoms with Crippen LogP contribution in [0.4, 0.5) is 0 Å². The van der Waals surface area contributed by atoms with Crippen LogP contribution in [0.2, 0.25) is 0 Å². The van der Waals surface area contributed by atoms with Gasteiger partial charge in [0.1, 0.15) is 12.9 Å². The van der Waals surface area contributed by atoms with Crippen LogP contribution in [0.15, 0.2) is 0 Å². The second kappa shape index (κ2) is 3.83. The van der Waals surface area contributed by atoms with Crippen molar-refractivity contribution in [3.05, 3.63) is 0 Å². The molecule has 1 atom stereocenters. The molecule has 0 radical (unpaired) electrons. The molecule has 0 aromatic rings. The van der Waals surface area contributed by atoms with Crippen LogP contribution in [0.5, 0.6) is 0 Å². The Balaban J connectivity index is 2.22. The highest BCUT2D eigenvalue weighted by Gasteiger charge is 2.54. The Bertz CT molecular complexity index is 315. The minimum atomic E-state index is -2.16. The number of ether oxygens (including phenoxy) is 1. The van der Waals surface area contributed by atoms with Gasteiger partial charge in [0.05, 0.1) is 11.4 Å². The van der Waals surface area contributed by atoms with E-state index in [-0.39, 0.29) is 17.1 Å². The van der Waals surface area contributed by atoms with Gasteiger partial charge in [0.2, 0.25) is 0 Å². The molecule has 1 saturated carbocycles. The van der Waals surface area contributed by atoms with Crippen molar-refractivity contribution in [1.82, 2.24) is 5.32 Å². The second-order valence-corrected chi connectivity index (χ2v) is 9.63. The smallest absolute Gasteiger partial charge is 0.120 e. The Morgan fingerprint density at radius 3 is 2.19 bits per heavy atom. The van der Waals surface area contributed by atoms with Crippen molar-refractivity contribution < 1.29 is 9.30 Å². The highest BCUT2D eigenvalue weighted by atomic mass is 31.2. The summed E-state index contributed by atoms with van der Waals surface area (Å²) in [5, 5.41) is 3.55. The maximum absolute atomic E-state index is 12.3. The van der Waals surface area contributed by atoms with Gasteiger partial charge in [-0.3, -0.25) is 5.32 Å². The molecule has 4 heteroatoms. The first kappa shape index (κ1) is 12.6. The first-order chi connectivity index (χ1) is 7.25. The van der Waals surface area contributed by atoms with Crippen LogP contribution in [0.1, 0.15) is 46.0 Å². The molecule has 2 fully saturated rings. The predicted molar refractivity (Wildman–Crippen MR) is 67.4 cm³/mol. The van der Waals surface area contributed by atoms with Crippen molar-refractivity contribution in [3.63, 3.8) is 0 Å². The van der Waals surface area contributed by atoms with Crippen molar-refractivity contribution in [2.24, 2.45) is 0 Å². The van der Waals surface area contributed by atoms with E-state index in [0.29, 0.717) is 0 Å². The van der Waals surface area contributed by atoms with Gasteiger partial charge in [0.15, 0.2) is 0 Å². The molecule has 1 aliphatic carbocycles. The summed E-state index contributed by atoms with van der Waals surface area (Å²) in [5.74, 6) is -0.00176. The average Bonchev–Trinajstić information content (AvgIpc) is 2.38. The van der Waals surface area contributed by atoms with Crippen LogP contribution in [0.3, 0.4) is 0 Å². The highest BCUT2D eigenvalue weighted by molar-refractivity contribution is 7.63. The first-order valence-electron chi connectivity index (χ1n) is 6.28. The molecule has 0 aromatic carbocycles. The Morgan fingerprint density at radius 2 is 1.75 bits per heavy atom. The van der Waals surface area contributed by atoms with Crippen LogP contribution in [0.25, 0.3) is 0 Å². The van der Waals surface area contributed by atoms with Crippen LogP contribution in [-0.2, 0) is 9.30 Å². The molecule has 1 aliphatic heterocycles. The first-order valence-corrected chi connectivity index (χ1v) is 8.95. The third-order valence-corrected chi connectivity index (χ3v) is 5.79. The Labute approximate surface area is 98.7 Å². The van der Waals surface area contributed by atoms with E-state index in [1.54, 1.807) is 0 Å². The maximum Gasteiger partial charge on any atom is 0.120 e. The third-order valence-electron chi connectivity index (χ3n) is 3.80. The zero-order valence-corrected chi connectivity index (χ0v) is 11.8. The average molecular weight is 245 g/mol. The molecule has 1 spiro atoms. The molecule has 0 aromatic heterocycles. The van der Waals surface area contributed by atoms with Crippen molar-refractivity contribution in [1.29, 1.82) is 0 Å². The van der Waals surface area contributed by atoms with Gasteiger partial charge >= 0.3 is 0 Å². The number of rotatable bonds is 1. The molecule has 2 aliphatic rings. The minimum Gasteiger partial charge on any atom is -0.353 e. The second-order valence-electron chi connectivity index (χ2n) is 6.24. The largest absolute Gasteiger partial charge is 0.353 e. The molecule has 94 valence electrons. The van der Waals surface area contributed by atoms with Crippen LogP contribution >= 0.6 is 7.14 Å². The van der Waals surface area contributed by atoms with E-state index in [2.05, 4.69) is 19.2 Å². The third kappa shape index (κ3) is 2.23. The summed E-state index contributed by atoms with van der Waals surface area (Å²) in [4.78, 5) is 0. The van der Waals surface area contributed by atoms with E-state index >= 15 is 0 Å². The lowest BCUT2D eigenvalue weighted by Gasteiger charge is -2.34. The van der Waals surface area contributed by atoms with E-state index in [1.165, 1.54) is 19.3 Å². The molecule has 1 heterocycles. The van der Waals surface area contributed by atoms with Gasteiger partial charge in [-0.15, -0.1) is 0 Å². The lowest BCUT2D eigenvalue weighted by atomic mass is 9.92. The van der Waals surface area contributed by atoms with E-state index in [9.17, 15) is 4.57 Å². The Hall–Kier alpha value is 0.150. The lowest BCUT2D eigenvalue weighted by molar-refractivity contribution is -0.109. The highest BCUT2D eigenvalue weighted by Crippen LogP contribution is 2.53. The van der Waals surface area contributed by atoms with E-state index in [0.717, 1.165) is 12.8 Å². The molecular weight excluding hydrogens is 221 g/mol. The number of hydrogen-bond acceptors (Lipinski definition) is 3. The van der Waals surface area contributed by atoms with Gasteiger partial charge in [-0.1, -0.05) is 6.42 Å². The summed E-state index contributed by atoms with van der Waals surface area (Å²) >= 11 is 0. The standard InChI is InChI=1S/C12H24NO2P/c1-11(2)10(16(3,4)14)13-12(15-11)8-6-5-7-9-12/h10,13H,5-9H2,1-4H3. The summed E-state index contributed by atoms with van der Waals surface area (Å²) in [7, 11) is -2.16. The fourth-order valence-corrected chi connectivity index (χ4v) is 5.38. The fourth-order valence-electron chi connectivity index (χ4n) is 3.29. The van der Waals surface area contributed by atoms with Gasteiger partial charge in [-0.05, 0) is 52.9 Å². The van der Waals surface area contributed by atoms with Crippen molar-refractivity contribution in [2.75, 3.05) is 13.3 Å². The van der Waals surface area contributed by atoms with Gasteiger partial charge in [-0.2, -0.15) is 0 Å². The zero-order chi connectivity index (χ0) is 12.0. The summed E-state index contributed by atoms with van der Waals surface area (Å²) in [5.41, 5.74) is -0.496. The van der Waals surface area contributed by atoms with E-state index in [1.807, 2.05) is 13.3 Å². The molecule has 1 N–H and O–H groups in total. The fraction of sp³-hybridized carbons (Fsp3) is 1.00. The molecule has 3 nitrogen and oxygen atoms in total. The number of nitrogens with one attached hydrogen (secondary N) is 1. The minimum absolute atomic E-state index is 0.00176. The predicted octanol–water partition coefficient (Wildman–Crippen LogP) is 2.99. The van der Waals surface area contributed by atoms with Gasteiger partial charge in [0.25, 0.3) is 0 Å². The SMILES string of the molecule is CC1(C)OC2(CCCCC2)NC1P(C)(C)=O. The van der Waals surface area contributed by atoms with Gasteiger partial charge in [0, 0.05) is 0 Å². The molecule has 0 bridgehead atoms. The summed E-state index contributed by atoms with van der Waals surface area (Å²) in [6, 6.07) is 0. The van der Waals surface area contributed by atoms with Crippen molar-refractivity contribution >= 4 is 7.14 Å². The van der Waals surface area contributed by atoms with E-state index < -0.39 is 7.14 Å². The van der Waals surface area contributed by atoms with E-state index in [4.69, 9.17) is 4.74 Å². The van der Waals surface area contributed by atoms with Crippen LogP contribution in [0, 0.1) is 0 Å². The summed E-state index contributed by atoms with van der Waals surface area (Å²) < 4.78 is 18.5. The molecule has 1 unspecified atom stereocenters. The number of hydrogen-bond donors (Lipinski definition) is 1. The van der Waals surface area contributed by atoms with Crippen LogP contribution < -0.4 is 5.32 Å². The molecule has 1 saturated heterocycles. The maximum atomic E-state index is 12.3. The Morgan fingerprint density at radius 1 is 1.19 bits per heavy atom. The monoisotopic (exact) mass is 245 g/mol. The topological polar surface area (TPSA) is 38.3 Å². The van der Waals surface area contributed by atoms with Gasteiger partial charge < -0.3 is 9.30 Å². The molecule has 2 rings (SSSR count). The van der Waals surface area contributed by atoms with Crippen LogP contribution in [-0.4, -0.2) is 30.4 Å². The Kier molecular flexibility index (Phi) is 3.02. The summed E-state index contributed by atoms with van der Waals surface area (Å²) in [6.07, 6.45) is 5.86. The lowest BCUT2D eigenvalue weighted by Crippen LogP contribution is -2.45. The van der Waals surface area contributed by atoms with Crippen molar-refractivity contribution in [2.45, 2.75) is 63.1 Å².